The van der Waals surface area contributed by atoms with E-state index < -0.39 is 0 Å². The lowest BCUT2D eigenvalue weighted by Crippen LogP contribution is -2.56. The number of hydrogen-bond donors (Lipinski definition) is 0. The van der Waals surface area contributed by atoms with Gasteiger partial charge in [-0.2, -0.15) is 0 Å². The zero-order valence-electron chi connectivity index (χ0n) is 15.7. The highest BCUT2D eigenvalue weighted by Crippen LogP contribution is 2.30. The molecule has 0 aromatic carbocycles. The second-order valence-corrected chi connectivity index (χ2v) is 8.44. The Hall–Kier alpha value is -0.0800. The Morgan fingerprint density at radius 2 is 1.14 bits per heavy atom. The maximum Gasteiger partial charge on any atom is 0.134 e. The minimum atomic E-state index is 0.998. The molecule has 0 bridgehead atoms. The molecule has 0 aromatic heterocycles. The number of quaternary nitrogens is 1. The summed E-state index contributed by atoms with van der Waals surface area (Å²) in [5.74, 6) is 2.00. The van der Waals surface area contributed by atoms with Crippen LogP contribution in [0.15, 0.2) is 0 Å². The van der Waals surface area contributed by atoms with Crippen LogP contribution in [0.25, 0.3) is 0 Å². The van der Waals surface area contributed by atoms with Gasteiger partial charge in [0.2, 0.25) is 0 Å². The molecule has 0 saturated heterocycles. The Morgan fingerprint density at radius 1 is 0.727 bits per heavy atom. The molecule has 2 nitrogen and oxygen atoms in total. The first-order valence-electron chi connectivity index (χ1n) is 10.2. The van der Waals surface area contributed by atoms with Gasteiger partial charge in [-0.3, -0.25) is 4.90 Å². The van der Waals surface area contributed by atoms with E-state index in [2.05, 4.69) is 25.8 Å². The summed E-state index contributed by atoms with van der Waals surface area (Å²) in [6.45, 7) is 11.2. The van der Waals surface area contributed by atoms with Gasteiger partial charge in [0.15, 0.2) is 0 Å². The molecule has 0 unspecified atom stereocenters. The Morgan fingerprint density at radius 3 is 1.50 bits per heavy atom. The highest BCUT2D eigenvalue weighted by Gasteiger charge is 2.32. The highest BCUT2D eigenvalue weighted by molar-refractivity contribution is 4.69. The molecule has 0 heterocycles. The van der Waals surface area contributed by atoms with Crippen molar-refractivity contribution in [3.05, 3.63) is 0 Å². The second kappa shape index (κ2) is 9.27. The fourth-order valence-corrected chi connectivity index (χ4v) is 5.08. The third-order valence-electron chi connectivity index (χ3n) is 6.28. The van der Waals surface area contributed by atoms with E-state index in [-0.39, 0.29) is 0 Å². The summed E-state index contributed by atoms with van der Waals surface area (Å²) >= 11 is 0. The molecule has 22 heavy (non-hydrogen) atoms. The summed E-state index contributed by atoms with van der Waals surface area (Å²) in [6, 6.07) is 0. The molecule has 2 aliphatic carbocycles. The lowest BCUT2D eigenvalue weighted by Gasteiger charge is -2.43. The van der Waals surface area contributed by atoms with Gasteiger partial charge in [0.05, 0.1) is 20.1 Å². The van der Waals surface area contributed by atoms with Crippen LogP contribution in [0.3, 0.4) is 0 Å². The molecular weight excluding hydrogens is 268 g/mol. The van der Waals surface area contributed by atoms with Crippen molar-refractivity contribution in [2.75, 3.05) is 39.9 Å². The standard InChI is InChI=1S/C20H41N2/c1-4-21(5-2)18-22(3,16-19-12-8-6-9-13-19)17-20-14-10-7-11-15-20/h19-20H,4-18H2,1-3H3/q+1. The molecule has 0 aromatic rings. The topological polar surface area (TPSA) is 3.24 Å². The van der Waals surface area contributed by atoms with Crippen LogP contribution in [0.1, 0.15) is 78.1 Å². The van der Waals surface area contributed by atoms with Gasteiger partial charge in [-0.1, -0.05) is 52.4 Å². The minimum absolute atomic E-state index is 0.998. The lowest BCUT2D eigenvalue weighted by molar-refractivity contribution is -0.925. The summed E-state index contributed by atoms with van der Waals surface area (Å²) in [7, 11) is 2.57. The average molecular weight is 310 g/mol. The van der Waals surface area contributed by atoms with Gasteiger partial charge in [-0.25, -0.2) is 0 Å². The molecule has 0 aliphatic heterocycles. The van der Waals surface area contributed by atoms with Crippen molar-refractivity contribution in [2.24, 2.45) is 11.8 Å². The van der Waals surface area contributed by atoms with Crippen LogP contribution in [0.5, 0.6) is 0 Å². The first-order valence-corrected chi connectivity index (χ1v) is 10.2. The van der Waals surface area contributed by atoms with Crippen LogP contribution in [0.4, 0.5) is 0 Å². The summed E-state index contributed by atoms with van der Waals surface area (Å²) in [4.78, 5) is 2.66. The molecule has 0 spiro atoms. The Labute approximate surface area is 139 Å². The number of rotatable bonds is 8. The Bertz CT molecular complexity index is 266. The third-order valence-corrected chi connectivity index (χ3v) is 6.28. The van der Waals surface area contributed by atoms with Gasteiger partial charge in [0.25, 0.3) is 0 Å². The summed E-state index contributed by atoms with van der Waals surface area (Å²) in [5, 5.41) is 0. The van der Waals surface area contributed by atoms with E-state index in [1.54, 1.807) is 0 Å². The van der Waals surface area contributed by atoms with Crippen LogP contribution in [-0.4, -0.2) is 49.3 Å². The van der Waals surface area contributed by atoms with Crippen LogP contribution in [0.2, 0.25) is 0 Å². The second-order valence-electron chi connectivity index (χ2n) is 8.44. The Kier molecular flexibility index (Phi) is 7.70. The van der Waals surface area contributed by atoms with Crippen LogP contribution in [0, 0.1) is 11.8 Å². The van der Waals surface area contributed by atoms with E-state index in [1.165, 1.54) is 102 Å². The maximum absolute atomic E-state index is 2.66. The van der Waals surface area contributed by atoms with Gasteiger partial charge in [0, 0.05) is 24.9 Å². The fourth-order valence-electron chi connectivity index (χ4n) is 5.08. The summed E-state index contributed by atoms with van der Waals surface area (Å²) in [6.07, 6.45) is 14.9. The van der Waals surface area contributed by atoms with Crippen molar-refractivity contribution in [1.82, 2.24) is 4.90 Å². The normalized spacial score (nSPS) is 22.4. The SMILES string of the molecule is CCN(CC)C[N+](C)(CC1CCCCC1)CC1CCCCC1. The fraction of sp³-hybridized carbons (Fsp3) is 1.00. The molecule has 0 N–H and O–H groups in total. The van der Waals surface area contributed by atoms with Crippen LogP contribution >= 0.6 is 0 Å². The number of hydrogen-bond acceptors (Lipinski definition) is 1. The predicted octanol–water partition coefficient (Wildman–Crippen LogP) is 4.89. The minimum Gasteiger partial charge on any atom is -0.313 e. The van der Waals surface area contributed by atoms with Crippen LogP contribution in [-0.2, 0) is 0 Å². The van der Waals surface area contributed by atoms with Gasteiger partial charge in [-0.05, 0) is 25.7 Å². The van der Waals surface area contributed by atoms with E-state index in [0.29, 0.717) is 0 Å². The molecule has 2 rings (SSSR count). The van der Waals surface area contributed by atoms with Gasteiger partial charge in [0.1, 0.15) is 6.67 Å². The van der Waals surface area contributed by atoms with E-state index in [4.69, 9.17) is 0 Å². The van der Waals surface area contributed by atoms with Gasteiger partial charge >= 0.3 is 0 Å². The maximum atomic E-state index is 2.66. The Balaban J connectivity index is 1.96. The molecule has 0 amide bonds. The molecule has 130 valence electrons. The third kappa shape index (κ3) is 5.85. The van der Waals surface area contributed by atoms with Crippen molar-refractivity contribution < 1.29 is 4.48 Å². The zero-order valence-corrected chi connectivity index (χ0v) is 15.7. The molecule has 2 fully saturated rings. The predicted molar refractivity (Wildman–Crippen MR) is 96.9 cm³/mol. The first kappa shape index (κ1) is 18.3. The van der Waals surface area contributed by atoms with Gasteiger partial charge < -0.3 is 4.48 Å². The molecule has 2 saturated carbocycles. The van der Waals surface area contributed by atoms with E-state index >= 15 is 0 Å². The zero-order chi connectivity index (χ0) is 15.8. The van der Waals surface area contributed by atoms with Crippen molar-refractivity contribution in [3.8, 4) is 0 Å². The molecule has 0 radical (unpaired) electrons. The monoisotopic (exact) mass is 309 g/mol. The quantitative estimate of drug-likeness (QED) is 0.455. The summed E-state index contributed by atoms with van der Waals surface area (Å²) in [5.41, 5.74) is 0. The molecule has 2 heteroatoms. The van der Waals surface area contributed by atoms with Gasteiger partial charge in [-0.15, -0.1) is 0 Å². The summed E-state index contributed by atoms with van der Waals surface area (Å²) < 4.78 is 1.32. The highest BCUT2D eigenvalue weighted by atomic mass is 15.4. The smallest absolute Gasteiger partial charge is 0.134 e. The van der Waals surface area contributed by atoms with E-state index in [0.717, 1.165) is 11.8 Å². The molecule has 0 atom stereocenters. The lowest BCUT2D eigenvalue weighted by atomic mass is 9.86. The van der Waals surface area contributed by atoms with E-state index in [1.807, 2.05) is 0 Å². The van der Waals surface area contributed by atoms with Crippen molar-refractivity contribution in [2.45, 2.75) is 78.1 Å². The number of nitrogens with zero attached hydrogens (tertiary/aromatic N) is 2. The molecular formula is C20H41N2+. The average Bonchev–Trinajstić information content (AvgIpc) is 2.54. The van der Waals surface area contributed by atoms with Crippen molar-refractivity contribution >= 4 is 0 Å². The van der Waals surface area contributed by atoms with Crippen LogP contribution < -0.4 is 0 Å². The largest absolute Gasteiger partial charge is 0.313 e. The van der Waals surface area contributed by atoms with Crippen molar-refractivity contribution in [1.29, 1.82) is 0 Å². The van der Waals surface area contributed by atoms with E-state index in [9.17, 15) is 0 Å². The molecule has 2 aliphatic rings. The first-order chi connectivity index (χ1) is 10.6. The van der Waals surface area contributed by atoms with Crippen molar-refractivity contribution in [3.63, 3.8) is 0 Å².